The van der Waals surface area contributed by atoms with E-state index in [9.17, 15) is 4.79 Å². The minimum Gasteiger partial charge on any atom is -0.378 e. The number of amides is 1. The van der Waals surface area contributed by atoms with Crippen molar-refractivity contribution in [3.8, 4) is 0 Å². The van der Waals surface area contributed by atoms with E-state index in [0.29, 0.717) is 13.2 Å². The molecule has 0 aliphatic carbocycles. The summed E-state index contributed by atoms with van der Waals surface area (Å²) < 4.78 is 9.07. The highest BCUT2D eigenvalue weighted by Crippen LogP contribution is 2.09. The summed E-state index contributed by atoms with van der Waals surface area (Å²) in [6.07, 6.45) is -0.434. The standard InChI is InChI=1S/C5H9NO3S/c1-6(5(7)9-10)4-2-8-3-4/h4,10H,2-3H2,1H3. The van der Waals surface area contributed by atoms with Gasteiger partial charge >= 0.3 is 6.09 Å². The molecule has 1 amide bonds. The summed E-state index contributed by atoms with van der Waals surface area (Å²) in [6, 6.07) is 0.166. The van der Waals surface area contributed by atoms with Gasteiger partial charge in [-0.1, -0.05) is 0 Å². The molecular formula is C5H9NO3S. The van der Waals surface area contributed by atoms with Crippen molar-refractivity contribution in [1.29, 1.82) is 0 Å². The molecule has 0 aromatic carbocycles. The zero-order valence-electron chi connectivity index (χ0n) is 5.61. The third-order valence-corrected chi connectivity index (χ3v) is 1.69. The van der Waals surface area contributed by atoms with Crippen molar-refractivity contribution in [2.75, 3.05) is 20.3 Å². The lowest BCUT2D eigenvalue weighted by Gasteiger charge is -2.32. The van der Waals surface area contributed by atoms with Crippen molar-refractivity contribution in [3.05, 3.63) is 0 Å². The third kappa shape index (κ3) is 1.35. The van der Waals surface area contributed by atoms with Crippen LogP contribution in [-0.4, -0.2) is 37.3 Å². The summed E-state index contributed by atoms with van der Waals surface area (Å²) in [5, 5.41) is 0. The van der Waals surface area contributed by atoms with Gasteiger partial charge in [0.05, 0.1) is 19.3 Å². The monoisotopic (exact) mass is 163 g/mol. The number of thiol groups is 1. The Labute approximate surface area is 64.7 Å². The van der Waals surface area contributed by atoms with E-state index < -0.39 is 6.09 Å². The van der Waals surface area contributed by atoms with E-state index in [1.165, 1.54) is 4.90 Å². The van der Waals surface area contributed by atoms with Gasteiger partial charge in [0.2, 0.25) is 0 Å². The Morgan fingerprint density at radius 3 is 2.70 bits per heavy atom. The van der Waals surface area contributed by atoms with Crippen LogP contribution in [0.3, 0.4) is 0 Å². The van der Waals surface area contributed by atoms with Gasteiger partial charge in [-0.3, -0.25) is 0 Å². The maximum Gasteiger partial charge on any atom is 0.421 e. The van der Waals surface area contributed by atoms with Crippen LogP contribution in [0.25, 0.3) is 0 Å². The van der Waals surface area contributed by atoms with Gasteiger partial charge in [-0.25, -0.2) is 4.79 Å². The van der Waals surface area contributed by atoms with E-state index in [0.717, 1.165) is 0 Å². The molecule has 58 valence electrons. The molecule has 0 radical (unpaired) electrons. The first-order valence-corrected chi connectivity index (χ1v) is 3.28. The van der Waals surface area contributed by atoms with Crippen LogP contribution in [0.4, 0.5) is 4.79 Å². The average molecular weight is 163 g/mol. The second kappa shape index (κ2) is 3.12. The number of hydrogen-bond donors (Lipinski definition) is 1. The first kappa shape index (κ1) is 7.68. The van der Waals surface area contributed by atoms with Gasteiger partial charge in [0.15, 0.2) is 0 Å². The van der Waals surface area contributed by atoms with E-state index in [1.807, 2.05) is 0 Å². The van der Waals surface area contributed by atoms with Crippen LogP contribution >= 0.6 is 12.9 Å². The maximum atomic E-state index is 10.7. The van der Waals surface area contributed by atoms with Gasteiger partial charge in [0.1, 0.15) is 0 Å². The minimum absolute atomic E-state index is 0.166. The van der Waals surface area contributed by atoms with Crippen molar-refractivity contribution in [2.24, 2.45) is 0 Å². The molecule has 0 aromatic heterocycles. The van der Waals surface area contributed by atoms with Gasteiger partial charge in [-0.2, -0.15) is 0 Å². The van der Waals surface area contributed by atoms with Crippen molar-refractivity contribution in [1.82, 2.24) is 4.90 Å². The lowest BCUT2D eigenvalue weighted by molar-refractivity contribution is -0.0463. The highest BCUT2D eigenvalue weighted by atomic mass is 32.1. The van der Waals surface area contributed by atoms with Crippen molar-refractivity contribution < 1.29 is 13.7 Å². The molecule has 0 unspecified atom stereocenters. The molecule has 0 bridgehead atoms. The smallest absolute Gasteiger partial charge is 0.378 e. The van der Waals surface area contributed by atoms with Crippen molar-refractivity contribution in [2.45, 2.75) is 6.04 Å². The zero-order chi connectivity index (χ0) is 7.56. The molecule has 1 rings (SSSR count). The van der Waals surface area contributed by atoms with E-state index in [-0.39, 0.29) is 6.04 Å². The summed E-state index contributed by atoms with van der Waals surface area (Å²) in [7, 11) is 1.66. The molecule has 0 spiro atoms. The Morgan fingerprint density at radius 2 is 2.40 bits per heavy atom. The number of rotatable bonds is 1. The second-order valence-corrected chi connectivity index (χ2v) is 2.34. The largest absolute Gasteiger partial charge is 0.421 e. The molecule has 0 aromatic rings. The summed E-state index contributed by atoms with van der Waals surface area (Å²) >= 11 is 3.38. The van der Waals surface area contributed by atoms with E-state index >= 15 is 0 Å². The molecule has 1 fully saturated rings. The Hall–Kier alpha value is -0.420. The highest BCUT2D eigenvalue weighted by Gasteiger charge is 2.27. The molecule has 0 saturated carbocycles. The fourth-order valence-corrected chi connectivity index (χ4v) is 0.789. The normalized spacial score (nSPS) is 17.8. The lowest BCUT2D eigenvalue weighted by atomic mass is 10.2. The first-order chi connectivity index (χ1) is 4.75. The average Bonchev–Trinajstić information content (AvgIpc) is 1.82. The van der Waals surface area contributed by atoms with Gasteiger partial charge in [0, 0.05) is 20.0 Å². The molecule has 5 heteroatoms. The molecule has 10 heavy (non-hydrogen) atoms. The Kier molecular flexibility index (Phi) is 2.39. The second-order valence-electron chi connectivity index (χ2n) is 2.16. The van der Waals surface area contributed by atoms with Gasteiger partial charge < -0.3 is 13.8 Å². The SMILES string of the molecule is CN(C(=O)OS)C1COC1. The third-order valence-electron chi connectivity index (χ3n) is 1.53. The van der Waals surface area contributed by atoms with Crippen LogP contribution in [0.2, 0.25) is 0 Å². The fourth-order valence-electron chi connectivity index (χ4n) is 0.660. The van der Waals surface area contributed by atoms with Gasteiger partial charge in [0.25, 0.3) is 0 Å². The highest BCUT2D eigenvalue weighted by molar-refractivity contribution is 7.75. The Bertz CT molecular complexity index is 137. The van der Waals surface area contributed by atoms with Crippen LogP contribution in [0.5, 0.6) is 0 Å². The number of nitrogens with zero attached hydrogens (tertiary/aromatic N) is 1. The lowest BCUT2D eigenvalue weighted by Crippen LogP contribution is -2.49. The Morgan fingerprint density at radius 1 is 1.80 bits per heavy atom. The summed E-state index contributed by atoms with van der Waals surface area (Å²) in [5.41, 5.74) is 0. The Balaban J connectivity index is 2.31. The molecule has 4 nitrogen and oxygen atoms in total. The van der Waals surface area contributed by atoms with E-state index in [4.69, 9.17) is 4.74 Å². The van der Waals surface area contributed by atoms with Gasteiger partial charge in [-0.15, -0.1) is 0 Å². The molecule has 1 heterocycles. The predicted molar refractivity (Wildman–Crippen MR) is 37.8 cm³/mol. The minimum atomic E-state index is -0.434. The van der Waals surface area contributed by atoms with Crippen LogP contribution in [-0.2, 0) is 8.92 Å². The number of hydrogen-bond acceptors (Lipinski definition) is 4. The quantitative estimate of drug-likeness (QED) is 0.446. The molecule has 0 atom stereocenters. The molecule has 0 N–H and O–H groups in total. The van der Waals surface area contributed by atoms with Crippen LogP contribution < -0.4 is 0 Å². The zero-order valence-corrected chi connectivity index (χ0v) is 6.51. The number of carbonyl (C=O) groups excluding carboxylic acids is 1. The maximum absolute atomic E-state index is 10.7. The summed E-state index contributed by atoms with van der Waals surface area (Å²) in [5.74, 6) is 0. The van der Waals surface area contributed by atoms with E-state index in [1.54, 1.807) is 7.05 Å². The fraction of sp³-hybridized carbons (Fsp3) is 0.800. The molecule has 1 aliphatic heterocycles. The van der Waals surface area contributed by atoms with Crippen molar-refractivity contribution >= 4 is 19.0 Å². The van der Waals surface area contributed by atoms with Crippen molar-refractivity contribution in [3.63, 3.8) is 0 Å². The number of likely N-dealkylation sites (N-methyl/N-ethyl adjacent to an activating group) is 1. The molecule has 1 saturated heterocycles. The van der Waals surface area contributed by atoms with Crippen LogP contribution in [0.15, 0.2) is 0 Å². The summed E-state index contributed by atoms with van der Waals surface area (Å²) in [6.45, 7) is 1.19. The molecular weight excluding hydrogens is 154 g/mol. The first-order valence-electron chi connectivity index (χ1n) is 2.91. The number of carbonyl (C=O) groups is 1. The topological polar surface area (TPSA) is 38.8 Å². The molecule has 1 aliphatic rings. The van der Waals surface area contributed by atoms with E-state index in [2.05, 4.69) is 17.1 Å². The number of ether oxygens (including phenoxy) is 1. The van der Waals surface area contributed by atoms with Crippen LogP contribution in [0.1, 0.15) is 0 Å². The van der Waals surface area contributed by atoms with Crippen LogP contribution in [0, 0.1) is 0 Å². The predicted octanol–water partition coefficient (Wildman–Crippen LogP) is 0.298. The van der Waals surface area contributed by atoms with Gasteiger partial charge in [-0.05, 0) is 0 Å². The summed E-state index contributed by atoms with van der Waals surface area (Å²) in [4.78, 5) is 12.2.